The molecule has 7 nitrogen and oxygen atoms in total. The molecular weight excluding hydrogens is 400 g/mol. The number of nitrogens with zero attached hydrogens (tertiary/aromatic N) is 3. The predicted molar refractivity (Wildman–Crippen MR) is 115 cm³/mol. The first-order valence-electron chi connectivity index (χ1n) is 9.91. The first kappa shape index (κ1) is 20.4. The number of amides is 1. The summed E-state index contributed by atoms with van der Waals surface area (Å²) in [5, 5.41) is 3.77. The monoisotopic (exact) mass is 424 g/mol. The topological polar surface area (TPSA) is 86.2 Å². The molecule has 1 aliphatic heterocycles. The van der Waals surface area contributed by atoms with Crippen LogP contribution in [-0.2, 0) is 11.3 Å². The highest BCUT2D eigenvalue weighted by Crippen LogP contribution is 2.30. The van der Waals surface area contributed by atoms with E-state index in [9.17, 15) is 4.79 Å². The maximum absolute atomic E-state index is 12.8. The van der Waals surface area contributed by atoms with E-state index in [0.29, 0.717) is 36.1 Å². The summed E-state index contributed by atoms with van der Waals surface area (Å²) in [6.07, 6.45) is 6.18. The number of ether oxygens (including phenoxy) is 2. The molecule has 8 heteroatoms. The van der Waals surface area contributed by atoms with Crippen molar-refractivity contribution >= 4 is 17.2 Å². The van der Waals surface area contributed by atoms with Gasteiger partial charge in [0.25, 0.3) is 5.91 Å². The van der Waals surface area contributed by atoms with Gasteiger partial charge < -0.3 is 14.8 Å². The molecule has 0 bridgehead atoms. The summed E-state index contributed by atoms with van der Waals surface area (Å²) in [4.78, 5) is 26.9. The van der Waals surface area contributed by atoms with Crippen molar-refractivity contribution in [1.82, 2.24) is 20.3 Å². The summed E-state index contributed by atoms with van der Waals surface area (Å²) in [5.41, 5.74) is 2.94. The smallest absolute Gasteiger partial charge is 0.251 e. The zero-order valence-corrected chi connectivity index (χ0v) is 17.9. The van der Waals surface area contributed by atoms with Crippen molar-refractivity contribution in [3.05, 3.63) is 58.6 Å². The molecule has 2 aromatic heterocycles. The van der Waals surface area contributed by atoms with E-state index in [0.717, 1.165) is 40.8 Å². The van der Waals surface area contributed by atoms with Crippen LogP contribution in [0, 0.1) is 19.8 Å². The number of aromatic nitrogens is 3. The molecule has 1 atom stereocenters. The lowest BCUT2D eigenvalue weighted by Crippen LogP contribution is -2.23. The summed E-state index contributed by atoms with van der Waals surface area (Å²) < 4.78 is 11.4. The maximum Gasteiger partial charge on any atom is 0.251 e. The average molecular weight is 425 g/mol. The Hall–Kier alpha value is -2.84. The van der Waals surface area contributed by atoms with Crippen LogP contribution in [0.5, 0.6) is 5.75 Å². The van der Waals surface area contributed by atoms with E-state index in [1.165, 1.54) is 0 Å². The van der Waals surface area contributed by atoms with Crippen LogP contribution < -0.4 is 10.1 Å². The van der Waals surface area contributed by atoms with Crippen LogP contribution in [0.3, 0.4) is 0 Å². The summed E-state index contributed by atoms with van der Waals surface area (Å²) in [5.74, 6) is 0.849. The molecule has 1 aromatic carbocycles. The second kappa shape index (κ2) is 9.32. The summed E-state index contributed by atoms with van der Waals surface area (Å²) in [7, 11) is 0. The van der Waals surface area contributed by atoms with Crippen LogP contribution in [0.15, 0.2) is 36.8 Å². The summed E-state index contributed by atoms with van der Waals surface area (Å²) in [6.45, 7) is 6.26. The largest absolute Gasteiger partial charge is 0.493 e. The maximum atomic E-state index is 12.8. The Morgan fingerprint density at radius 2 is 2.10 bits per heavy atom. The number of rotatable bonds is 7. The van der Waals surface area contributed by atoms with Crippen LogP contribution in [0.25, 0.3) is 10.6 Å². The normalized spacial score (nSPS) is 15.9. The number of nitrogens with one attached hydrogen (secondary N) is 1. The van der Waals surface area contributed by atoms with E-state index in [-0.39, 0.29) is 5.91 Å². The Kier molecular flexibility index (Phi) is 6.35. The zero-order valence-electron chi connectivity index (χ0n) is 17.1. The Morgan fingerprint density at radius 1 is 1.20 bits per heavy atom. The Balaban J connectivity index is 1.52. The lowest BCUT2D eigenvalue weighted by Gasteiger charge is -2.13. The number of aryl methyl sites for hydroxylation is 2. The van der Waals surface area contributed by atoms with E-state index >= 15 is 0 Å². The molecule has 3 aromatic rings. The third-order valence-electron chi connectivity index (χ3n) is 4.81. The van der Waals surface area contributed by atoms with Crippen molar-refractivity contribution in [3.8, 4) is 16.3 Å². The SMILES string of the molecule is Cc1cnc(CNC(=O)c2cc(OC[C@@H]3CCOC3)cc(-c3ncc(C)s3)c2)cn1. The van der Waals surface area contributed by atoms with Gasteiger partial charge in [0, 0.05) is 40.9 Å². The first-order valence-corrected chi connectivity index (χ1v) is 10.7. The van der Waals surface area contributed by atoms with Gasteiger partial charge in [0.2, 0.25) is 0 Å². The van der Waals surface area contributed by atoms with Crippen LogP contribution in [-0.4, -0.2) is 40.7 Å². The van der Waals surface area contributed by atoms with Crippen molar-refractivity contribution in [1.29, 1.82) is 0 Å². The molecule has 3 heterocycles. The summed E-state index contributed by atoms with van der Waals surface area (Å²) >= 11 is 1.59. The number of thiazole rings is 1. The number of hydrogen-bond acceptors (Lipinski definition) is 7. The molecular formula is C22H24N4O3S. The van der Waals surface area contributed by atoms with Gasteiger partial charge in [0.15, 0.2) is 0 Å². The van der Waals surface area contributed by atoms with E-state index in [4.69, 9.17) is 9.47 Å². The van der Waals surface area contributed by atoms with Crippen molar-refractivity contribution in [3.63, 3.8) is 0 Å². The molecule has 0 unspecified atom stereocenters. The quantitative estimate of drug-likeness (QED) is 0.624. The first-order chi connectivity index (χ1) is 14.6. The van der Waals surface area contributed by atoms with E-state index in [2.05, 4.69) is 20.3 Å². The fourth-order valence-electron chi connectivity index (χ4n) is 3.14. The Morgan fingerprint density at radius 3 is 2.80 bits per heavy atom. The third-order valence-corrected chi connectivity index (χ3v) is 5.77. The van der Waals surface area contributed by atoms with Crippen LogP contribution in [0.2, 0.25) is 0 Å². The molecule has 0 aliphatic carbocycles. The van der Waals surface area contributed by atoms with Crippen molar-refractivity contribution in [2.24, 2.45) is 5.92 Å². The fourth-order valence-corrected chi connectivity index (χ4v) is 3.89. The minimum atomic E-state index is -0.193. The zero-order chi connectivity index (χ0) is 20.9. The van der Waals surface area contributed by atoms with Crippen molar-refractivity contribution < 1.29 is 14.3 Å². The van der Waals surface area contributed by atoms with Gasteiger partial charge in [-0.2, -0.15) is 0 Å². The third kappa shape index (κ3) is 5.20. The highest BCUT2D eigenvalue weighted by atomic mass is 32.1. The fraction of sp³-hybridized carbons (Fsp3) is 0.364. The predicted octanol–water partition coefficient (Wildman–Crippen LogP) is 3.56. The minimum absolute atomic E-state index is 0.193. The molecule has 1 saturated heterocycles. The molecule has 0 saturated carbocycles. The molecule has 4 rings (SSSR count). The standard InChI is InChI=1S/C22H24N4O3S/c1-14-8-24-19(10-23-14)11-25-21(27)17-5-18(22-26-9-15(2)30-22)7-20(6-17)29-13-16-3-4-28-12-16/h5-10,16H,3-4,11-13H2,1-2H3,(H,25,27)/t16-/m1/s1. The molecule has 30 heavy (non-hydrogen) atoms. The lowest BCUT2D eigenvalue weighted by molar-refractivity contribution is 0.0949. The van der Waals surface area contributed by atoms with Gasteiger partial charge in [-0.1, -0.05) is 0 Å². The number of hydrogen-bond donors (Lipinski definition) is 1. The number of carbonyl (C=O) groups is 1. The minimum Gasteiger partial charge on any atom is -0.493 e. The van der Waals surface area contributed by atoms with Gasteiger partial charge in [-0.15, -0.1) is 11.3 Å². The van der Waals surface area contributed by atoms with Crippen LogP contribution in [0.1, 0.15) is 33.0 Å². The van der Waals surface area contributed by atoms with Gasteiger partial charge in [0.1, 0.15) is 10.8 Å². The summed E-state index contributed by atoms with van der Waals surface area (Å²) in [6, 6.07) is 5.56. The molecule has 0 spiro atoms. The van der Waals surface area contributed by atoms with E-state index < -0.39 is 0 Å². The molecule has 1 aliphatic rings. The van der Waals surface area contributed by atoms with Gasteiger partial charge >= 0.3 is 0 Å². The second-order valence-electron chi connectivity index (χ2n) is 7.39. The van der Waals surface area contributed by atoms with Gasteiger partial charge in [-0.25, -0.2) is 4.98 Å². The Labute approximate surface area is 179 Å². The Bertz CT molecular complexity index is 1010. The highest BCUT2D eigenvalue weighted by molar-refractivity contribution is 7.14. The van der Waals surface area contributed by atoms with Crippen molar-refractivity contribution in [2.45, 2.75) is 26.8 Å². The van der Waals surface area contributed by atoms with E-state index in [1.54, 1.807) is 29.8 Å². The molecule has 1 fully saturated rings. The molecule has 0 radical (unpaired) electrons. The van der Waals surface area contributed by atoms with Gasteiger partial charge in [0.05, 0.1) is 37.3 Å². The van der Waals surface area contributed by atoms with Gasteiger partial charge in [-0.05, 0) is 38.5 Å². The number of carbonyl (C=O) groups excluding carboxylic acids is 1. The average Bonchev–Trinajstić information content (AvgIpc) is 3.43. The molecule has 1 N–H and O–H groups in total. The van der Waals surface area contributed by atoms with Gasteiger partial charge in [-0.3, -0.25) is 14.8 Å². The second-order valence-corrected chi connectivity index (χ2v) is 8.63. The van der Waals surface area contributed by atoms with Crippen molar-refractivity contribution in [2.75, 3.05) is 19.8 Å². The highest BCUT2D eigenvalue weighted by Gasteiger charge is 2.18. The molecule has 156 valence electrons. The molecule has 1 amide bonds. The van der Waals surface area contributed by atoms with Crippen LogP contribution in [0.4, 0.5) is 0 Å². The van der Waals surface area contributed by atoms with Crippen LogP contribution >= 0.6 is 11.3 Å². The lowest BCUT2D eigenvalue weighted by atomic mass is 10.1. The van der Waals surface area contributed by atoms with E-state index in [1.807, 2.05) is 32.2 Å². The number of benzene rings is 1.